The van der Waals surface area contributed by atoms with E-state index in [-0.39, 0.29) is 10.6 Å². The van der Waals surface area contributed by atoms with Gasteiger partial charge in [0.05, 0.1) is 21.6 Å². The molecule has 0 spiro atoms. The standard InChI is InChI=1S/C15H16ClN3O2/c16-10-6-13-12(5-9(10)14(20)21)18-15(19-13)17-11-4-7-1-2-8(11)3-7/h5-8,11H,1-4H2,(H,20,21)(H2,17,18,19)/t7-,8-,11-/m0/s1. The monoisotopic (exact) mass is 305 g/mol. The maximum Gasteiger partial charge on any atom is 0.337 e. The summed E-state index contributed by atoms with van der Waals surface area (Å²) in [5.74, 6) is 1.29. The topological polar surface area (TPSA) is 78.0 Å². The lowest BCUT2D eigenvalue weighted by molar-refractivity contribution is 0.0697. The number of carbonyl (C=O) groups is 1. The molecule has 5 nitrogen and oxygen atoms in total. The van der Waals surface area contributed by atoms with E-state index in [4.69, 9.17) is 16.7 Å². The van der Waals surface area contributed by atoms with Crippen LogP contribution in [0.2, 0.25) is 5.02 Å². The number of benzene rings is 1. The van der Waals surface area contributed by atoms with Gasteiger partial charge in [0, 0.05) is 6.04 Å². The summed E-state index contributed by atoms with van der Waals surface area (Å²) >= 11 is 5.98. The predicted molar refractivity (Wildman–Crippen MR) is 80.9 cm³/mol. The van der Waals surface area contributed by atoms with Crippen molar-refractivity contribution < 1.29 is 9.90 Å². The first-order chi connectivity index (χ1) is 10.1. The summed E-state index contributed by atoms with van der Waals surface area (Å²) in [6.45, 7) is 0. The van der Waals surface area contributed by atoms with E-state index in [1.165, 1.54) is 31.7 Å². The van der Waals surface area contributed by atoms with Gasteiger partial charge in [0.15, 0.2) is 0 Å². The lowest BCUT2D eigenvalue weighted by Crippen LogP contribution is -2.26. The minimum Gasteiger partial charge on any atom is -0.478 e. The number of H-pyrrole nitrogens is 1. The van der Waals surface area contributed by atoms with Crippen molar-refractivity contribution in [2.45, 2.75) is 31.7 Å². The van der Waals surface area contributed by atoms with Crippen molar-refractivity contribution >= 4 is 34.6 Å². The number of halogens is 1. The predicted octanol–water partition coefficient (Wildman–Crippen LogP) is 3.52. The number of hydrogen-bond donors (Lipinski definition) is 3. The second-order valence-electron chi connectivity index (χ2n) is 6.17. The molecule has 2 aliphatic carbocycles. The van der Waals surface area contributed by atoms with Crippen LogP contribution in [-0.2, 0) is 0 Å². The SMILES string of the molecule is O=C(O)c1cc2nc(N[C@H]3C[C@H]4CC[C@H]3C4)[nH]c2cc1Cl. The molecule has 0 unspecified atom stereocenters. The fourth-order valence-corrected chi connectivity index (χ4v) is 4.10. The van der Waals surface area contributed by atoms with Gasteiger partial charge in [0.1, 0.15) is 0 Å². The second kappa shape index (κ2) is 4.63. The summed E-state index contributed by atoms with van der Waals surface area (Å²) in [4.78, 5) is 18.7. The molecule has 1 aromatic heterocycles. The number of hydrogen-bond acceptors (Lipinski definition) is 3. The molecule has 1 heterocycles. The van der Waals surface area contributed by atoms with Crippen molar-refractivity contribution in [1.82, 2.24) is 9.97 Å². The Balaban J connectivity index is 1.63. The van der Waals surface area contributed by atoms with E-state index in [2.05, 4.69) is 15.3 Å². The van der Waals surface area contributed by atoms with Gasteiger partial charge in [-0.15, -0.1) is 0 Å². The Hall–Kier alpha value is -1.75. The maximum atomic E-state index is 11.1. The zero-order valence-electron chi connectivity index (χ0n) is 11.4. The number of imidazole rings is 1. The molecule has 4 rings (SSSR count). The molecule has 110 valence electrons. The van der Waals surface area contributed by atoms with E-state index < -0.39 is 5.97 Å². The first-order valence-electron chi connectivity index (χ1n) is 7.29. The normalized spacial score (nSPS) is 27.4. The fourth-order valence-electron chi connectivity index (χ4n) is 3.86. The van der Waals surface area contributed by atoms with Crippen LogP contribution in [0, 0.1) is 11.8 Å². The van der Waals surface area contributed by atoms with Crippen LogP contribution < -0.4 is 5.32 Å². The Labute approximate surface area is 126 Å². The van der Waals surface area contributed by atoms with Crippen LogP contribution in [0.5, 0.6) is 0 Å². The third-order valence-electron chi connectivity index (χ3n) is 4.86. The Morgan fingerprint density at radius 2 is 2.24 bits per heavy atom. The molecule has 2 bridgehead atoms. The lowest BCUT2D eigenvalue weighted by Gasteiger charge is -2.22. The van der Waals surface area contributed by atoms with Crippen LogP contribution >= 0.6 is 11.6 Å². The van der Waals surface area contributed by atoms with Gasteiger partial charge in [-0.1, -0.05) is 18.0 Å². The first-order valence-corrected chi connectivity index (χ1v) is 7.67. The molecule has 0 amide bonds. The highest BCUT2D eigenvalue weighted by molar-refractivity contribution is 6.34. The number of aromatic amines is 1. The van der Waals surface area contributed by atoms with Gasteiger partial charge < -0.3 is 15.4 Å². The van der Waals surface area contributed by atoms with Gasteiger partial charge >= 0.3 is 5.97 Å². The minimum absolute atomic E-state index is 0.0853. The third kappa shape index (κ3) is 2.16. The van der Waals surface area contributed by atoms with Crippen molar-refractivity contribution in [2.75, 3.05) is 5.32 Å². The lowest BCUT2D eigenvalue weighted by atomic mass is 9.95. The molecule has 0 aliphatic heterocycles. The molecule has 3 N–H and O–H groups in total. The van der Waals surface area contributed by atoms with E-state index in [9.17, 15) is 4.79 Å². The Bertz CT molecular complexity index is 727. The molecule has 2 fully saturated rings. The summed E-state index contributed by atoms with van der Waals surface area (Å²) < 4.78 is 0. The summed E-state index contributed by atoms with van der Waals surface area (Å²) in [6.07, 6.45) is 5.20. The van der Waals surface area contributed by atoms with E-state index in [0.29, 0.717) is 17.5 Å². The highest BCUT2D eigenvalue weighted by Gasteiger charge is 2.39. The molecule has 2 saturated carbocycles. The number of carboxylic acid groups (broad SMARTS) is 1. The molecule has 0 saturated heterocycles. The molecule has 1 aromatic carbocycles. The molecular formula is C15H16ClN3O2. The van der Waals surface area contributed by atoms with E-state index in [1.54, 1.807) is 6.07 Å². The maximum absolute atomic E-state index is 11.1. The number of anilines is 1. The molecule has 21 heavy (non-hydrogen) atoms. The van der Waals surface area contributed by atoms with Crippen molar-refractivity contribution in [2.24, 2.45) is 11.8 Å². The third-order valence-corrected chi connectivity index (χ3v) is 5.17. The molecular weight excluding hydrogens is 290 g/mol. The zero-order valence-corrected chi connectivity index (χ0v) is 12.2. The van der Waals surface area contributed by atoms with Gasteiger partial charge in [0.2, 0.25) is 5.95 Å². The van der Waals surface area contributed by atoms with Crippen molar-refractivity contribution in [3.05, 3.63) is 22.7 Å². The largest absolute Gasteiger partial charge is 0.478 e. The molecule has 2 aromatic rings. The Morgan fingerprint density at radius 1 is 1.38 bits per heavy atom. The van der Waals surface area contributed by atoms with Crippen molar-refractivity contribution in [3.8, 4) is 0 Å². The van der Waals surface area contributed by atoms with Gasteiger partial charge in [0.25, 0.3) is 0 Å². The molecule has 0 radical (unpaired) electrons. The summed E-state index contributed by atoms with van der Waals surface area (Å²) in [5, 5.41) is 12.8. The number of nitrogens with one attached hydrogen (secondary N) is 2. The van der Waals surface area contributed by atoms with Crippen LogP contribution in [-0.4, -0.2) is 27.1 Å². The van der Waals surface area contributed by atoms with E-state index >= 15 is 0 Å². The van der Waals surface area contributed by atoms with Gasteiger partial charge in [-0.2, -0.15) is 0 Å². The van der Waals surface area contributed by atoms with Crippen LogP contribution in [0.4, 0.5) is 5.95 Å². The smallest absolute Gasteiger partial charge is 0.337 e. The van der Waals surface area contributed by atoms with Crippen molar-refractivity contribution in [1.29, 1.82) is 0 Å². The van der Waals surface area contributed by atoms with Crippen molar-refractivity contribution in [3.63, 3.8) is 0 Å². The second-order valence-corrected chi connectivity index (χ2v) is 6.57. The number of fused-ring (bicyclic) bond motifs is 3. The van der Waals surface area contributed by atoms with E-state index in [1.807, 2.05) is 0 Å². The Morgan fingerprint density at radius 3 is 2.90 bits per heavy atom. The summed E-state index contributed by atoms with van der Waals surface area (Å²) in [6, 6.07) is 3.63. The van der Waals surface area contributed by atoms with Gasteiger partial charge in [-0.3, -0.25) is 0 Å². The van der Waals surface area contributed by atoms with Crippen LogP contribution in [0.25, 0.3) is 11.0 Å². The van der Waals surface area contributed by atoms with Crippen LogP contribution in [0.1, 0.15) is 36.0 Å². The van der Waals surface area contributed by atoms with Gasteiger partial charge in [-0.25, -0.2) is 9.78 Å². The number of nitrogens with zero attached hydrogens (tertiary/aromatic N) is 1. The molecule has 2 aliphatic rings. The summed E-state index contributed by atoms with van der Waals surface area (Å²) in [7, 11) is 0. The van der Waals surface area contributed by atoms with Crippen LogP contribution in [0.15, 0.2) is 12.1 Å². The highest BCUT2D eigenvalue weighted by atomic mass is 35.5. The van der Waals surface area contributed by atoms with Gasteiger partial charge in [-0.05, 0) is 43.2 Å². The fraction of sp³-hybridized carbons (Fsp3) is 0.467. The number of rotatable bonds is 3. The quantitative estimate of drug-likeness (QED) is 0.811. The van der Waals surface area contributed by atoms with E-state index in [0.717, 1.165) is 17.4 Å². The summed E-state index contributed by atoms with van der Waals surface area (Å²) in [5.41, 5.74) is 1.47. The number of aromatic carboxylic acids is 1. The number of aromatic nitrogens is 2. The molecule has 3 atom stereocenters. The highest BCUT2D eigenvalue weighted by Crippen LogP contribution is 2.45. The number of carboxylic acids is 1. The molecule has 6 heteroatoms. The van der Waals surface area contributed by atoms with Crippen LogP contribution in [0.3, 0.4) is 0 Å². The Kier molecular flexibility index (Phi) is 2.85. The average molecular weight is 306 g/mol. The zero-order chi connectivity index (χ0) is 14.6. The minimum atomic E-state index is -1.03. The average Bonchev–Trinajstić information content (AvgIpc) is 3.11. The first kappa shape index (κ1) is 13.0.